The highest BCUT2D eigenvalue weighted by molar-refractivity contribution is 7.98. The number of thiophene rings is 1. The van der Waals surface area contributed by atoms with Gasteiger partial charge in [-0.15, -0.1) is 11.3 Å². The molecule has 0 bridgehead atoms. The van der Waals surface area contributed by atoms with Crippen LogP contribution in [-0.4, -0.2) is 35.5 Å². The number of nitrogens with zero attached hydrogens (tertiary/aromatic N) is 1. The van der Waals surface area contributed by atoms with Gasteiger partial charge < -0.3 is 5.11 Å². The summed E-state index contributed by atoms with van der Waals surface area (Å²) in [6, 6.07) is 1.22. The fourth-order valence-electron chi connectivity index (χ4n) is 2.33. The first-order chi connectivity index (χ1) is 9.17. The van der Waals surface area contributed by atoms with Gasteiger partial charge in [-0.2, -0.15) is 11.8 Å². The predicted octanol–water partition coefficient (Wildman–Crippen LogP) is 2.41. The van der Waals surface area contributed by atoms with Crippen LogP contribution in [0.2, 0.25) is 0 Å². The van der Waals surface area contributed by atoms with Crippen LogP contribution < -0.4 is 4.90 Å². The standard InChI is InChI=1S/C13H17NO3S2/c1-18-6-5-10(13(16)17)14(8-15)12-7-9-3-2-4-11(9)19-12/h7-8,10H,2-6H2,1H3,(H,16,17). The van der Waals surface area contributed by atoms with Crippen LogP contribution >= 0.6 is 23.1 Å². The van der Waals surface area contributed by atoms with Crippen molar-refractivity contribution in [1.82, 2.24) is 0 Å². The molecule has 1 heterocycles. The predicted molar refractivity (Wildman–Crippen MR) is 79.3 cm³/mol. The van der Waals surface area contributed by atoms with Crippen LogP contribution in [0.5, 0.6) is 0 Å². The minimum Gasteiger partial charge on any atom is -0.480 e. The van der Waals surface area contributed by atoms with Crippen molar-refractivity contribution in [2.24, 2.45) is 0 Å². The Morgan fingerprint density at radius 2 is 2.42 bits per heavy atom. The molecule has 1 aromatic heterocycles. The van der Waals surface area contributed by atoms with Gasteiger partial charge in [0.1, 0.15) is 6.04 Å². The number of thioether (sulfide) groups is 1. The molecular weight excluding hydrogens is 282 g/mol. The zero-order chi connectivity index (χ0) is 13.8. The van der Waals surface area contributed by atoms with Crippen molar-refractivity contribution in [2.45, 2.75) is 31.7 Å². The van der Waals surface area contributed by atoms with E-state index in [1.807, 2.05) is 12.3 Å². The first kappa shape index (κ1) is 14.4. The largest absolute Gasteiger partial charge is 0.480 e. The van der Waals surface area contributed by atoms with Crippen molar-refractivity contribution in [1.29, 1.82) is 0 Å². The molecule has 0 aromatic carbocycles. The molecule has 19 heavy (non-hydrogen) atoms. The van der Waals surface area contributed by atoms with Crippen LogP contribution in [0.25, 0.3) is 0 Å². The lowest BCUT2D eigenvalue weighted by atomic mass is 10.2. The Balaban J connectivity index is 2.20. The second kappa shape index (κ2) is 6.43. The van der Waals surface area contributed by atoms with Gasteiger partial charge in [0, 0.05) is 4.88 Å². The van der Waals surface area contributed by atoms with E-state index in [1.165, 1.54) is 15.3 Å². The van der Waals surface area contributed by atoms with Crippen LogP contribution in [0.1, 0.15) is 23.3 Å². The third-order valence-electron chi connectivity index (χ3n) is 3.32. The highest BCUT2D eigenvalue weighted by Crippen LogP contribution is 2.36. The van der Waals surface area contributed by atoms with E-state index in [1.54, 1.807) is 23.1 Å². The maximum absolute atomic E-state index is 11.3. The highest BCUT2D eigenvalue weighted by atomic mass is 32.2. The first-order valence-corrected chi connectivity index (χ1v) is 8.45. The van der Waals surface area contributed by atoms with E-state index in [-0.39, 0.29) is 0 Å². The summed E-state index contributed by atoms with van der Waals surface area (Å²) in [7, 11) is 0. The fraction of sp³-hybridized carbons (Fsp3) is 0.538. The Morgan fingerprint density at radius 1 is 1.63 bits per heavy atom. The molecule has 1 N–H and O–H groups in total. The van der Waals surface area contributed by atoms with Crippen LogP contribution in [0.4, 0.5) is 5.00 Å². The van der Waals surface area contributed by atoms with Crippen LogP contribution in [0.3, 0.4) is 0 Å². The van der Waals surface area contributed by atoms with Gasteiger partial charge in [0.15, 0.2) is 0 Å². The first-order valence-electron chi connectivity index (χ1n) is 6.24. The number of fused-ring (bicyclic) bond motifs is 1. The Labute approximate surface area is 120 Å². The van der Waals surface area contributed by atoms with Gasteiger partial charge in [-0.3, -0.25) is 9.69 Å². The Bertz CT molecular complexity index is 451. The smallest absolute Gasteiger partial charge is 0.326 e. The molecule has 1 aromatic rings. The Morgan fingerprint density at radius 3 is 3.00 bits per heavy atom. The lowest BCUT2D eigenvalue weighted by Gasteiger charge is -2.23. The van der Waals surface area contributed by atoms with Crippen LogP contribution in [0, 0.1) is 0 Å². The van der Waals surface area contributed by atoms with Crippen molar-refractivity contribution in [3.63, 3.8) is 0 Å². The Hall–Kier alpha value is -1.01. The van der Waals surface area contributed by atoms with Crippen molar-refractivity contribution >= 4 is 40.5 Å². The monoisotopic (exact) mass is 299 g/mol. The van der Waals surface area contributed by atoms with Crippen molar-refractivity contribution in [3.8, 4) is 0 Å². The maximum atomic E-state index is 11.3. The van der Waals surface area contributed by atoms with Gasteiger partial charge in [0.25, 0.3) is 0 Å². The molecule has 104 valence electrons. The number of anilines is 1. The molecule has 0 aliphatic heterocycles. The molecule has 0 saturated heterocycles. The summed E-state index contributed by atoms with van der Waals surface area (Å²) in [5, 5.41) is 10.1. The highest BCUT2D eigenvalue weighted by Gasteiger charge is 2.28. The number of aliphatic carboxylic acids is 1. The summed E-state index contributed by atoms with van der Waals surface area (Å²) in [4.78, 5) is 25.3. The number of amides is 1. The molecule has 0 fully saturated rings. The molecule has 0 radical (unpaired) electrons. The maximum Gasteiger partial charge on any atom is 0.326 e. The number of carboxylic acids is 1. The SMILES string of the molecule is CSCCC(C(=O)O)N(C=O)c1cc2c(s1)CCC2. The summed E-state index contributed by atoms with van der Waals surface area (Å²) >= 11 is 3.15. The normalized spacial score (nSPS) is 15.0. The molecule has 1 unspecified atom stereocenters. The number of hydrogen-bond donors (Lipinski definition) is 1. The zero-order valence-electron chi connectivity index (χ0n) is 10.8. The van der Waals surface area contributed by atoms with E-state index >= 15 is 0 Å². The molecule has 1 aliphatic rings. The van der Waals surface area contributed by atoms with Crippen molar-refractivity contribution in [2.75, 3.05) is 16.9 Å². The minimum absolute atomic E-state index is 0.470. The van der Waals surface area contributed by atoms with E-state index in [9.17, 15) is 14.7 Å². The molecule has 2 rings (SSSR count). The van der Waals surface area contributed by atoms with Crippen molar-refractivity contribution < 1.29 is 14.7 Å². The van der Waals surface area contributed by atoms with E-state index in [0.29, 0.717) is 12.8 Å². The summed E-state index contributed by atoms with van der Waals surface area (Å²) in [6.07, 6.45) is 6.31. The number of hydrogen-bond acceptors (Lipinski definition) is 4. The lowest BCUT2D eigenvalue weighted by Crippen LogP contribution is -2.40. The van der Waals surface area contributed by atoms with E-state index in [4.69, 9.17) is 0 Å². The minimum atomic E-state index is -0.935. The summed E-state index contributed by atoms with van der Waals surface area (Å²) < 4.78 is 0. The summed E-state index contributed by atoms with van der Waals surface area (Å²) in [5.74, 6) is -0.207. The molecule has 4 nitrogen and oxygen atoms in total. The van der Waals surface area contributed by atoms with Gasteiger partial charge >= 0.3 is 5.97 Å². The molecule has 1 atom stereocenters. The topological polar surface area (TPSA) is 57.6 Å². The number of carbonyl (C=O) groups excluding carboxylic acids is 1. The summed E-state index contributed by atoms with van der Waals surface area (Å²) in [6.45, 7) is 0. The van der Waals surface area contributed by atoms with Gasteiger partial charge in [0.05, 0.1) is 5.00 Å². The van der Waals surface area contributed by atoms with Crippen LogP contribution in [0.15, 0.2) is 6.07 Å². The van der Waals surface area contributed by atoms with Gasteiger partial charge in [0.2, 0.25) is 6.41 Å². The zero-order valence-corrected chi connectivity index (χ0v) is 12.4. The number of carbonyl (C=O) groups is 2. The number of carboxylic acid groups (broad SMARTS) is 1. The van der Waals surface area contributed by atoms with Crippen LogP contribution in [-0.2, 0) is 22.4 Å². The molecule has 6 heteroatoms. The Kier molecular flexibility index (Phi) is 4.87. The third kappa shape index (κ3) is 3.12. The summed E-state index contributed by atoms with van der Waals surface area (Å²) in [5.41, 5.74) is 1.28. The average Bonchev–Trinajstić information content (AvgIpc) is 2.94. The molecule has 1 amide bonds. The second-order valence-corrected chi connectivity index (χ2v) is 6.64. The van der Waals surface area contributed by atoms with Crippen molar-refractivity contribution in [3.05, 3.63) is 16.5 Å². The lowest BCUT2D eigenvalue weighted by molar-refractivity contribution is -0.139. The van der Waals surface area contributed by atoms with Gasteiger partial charge in [-0.05, 0) is 49.3 Å². The van der Waals surface area contributed by atoms with Gasteiger partial charge in [-0.25, -0.2) is 4.79 Å². The van der Waals surface area contributed by atoms with E-state index < -0.39 is 12.0 Å². The number of aryl methyl sites for hydroxylation is 2. The van der Waals surface area contributed by atoms with E-state index in [0.717, 1.165) is 30.0 Å². The molecule has 0 spiro atoms. The quantitative estimate of drug-likeness (QED) is 0.786. The average molecular weight is 299 g/mol. The molecule has 0 saturated carbocycles. The molecular formula is C13H17NO3S2. The van der Waals surface area contributed by atoms with Gasteiger partial charge in [-0.1, -0.05) is 0 Å². The van der Waals surface area contributed by atoms with E-state index in [2.05, 4.69) is 0 Å². The molecule has 1 aliphatic carbocycles. The second-order valence-electron chi connectivity index (χ2n) is 4.53. The third-order valence-corrected chi connectivity index (χ3v) is 5.21. The fourth-order valence-corrected chi connectivity index (χ4v) is 4.06. The number of rotatable bonds is 7.